The SMILES string of the molecule is Cc1cc2c(NCc3cccnc3)nc(NN)nc2s1. The smallest absolute Gasteiger partial charge is 0.240 e. The number of hydrogen-bond donors (Lipinski definition) is 3. The van der Waals surface area contributed by atoms with E-state index in [1.54, 1.807) is 17.5 Å². The molecule has 0 atom stereocenters. The first-order valence-corrected chi connectivity index (χ1v) is 6.95. The van der Waals surface area contributed by atoms with Crippen molar-refractivity contribution in [2.75, 3.05) is 10.7 Å². The summed E-state index contributed by atoms with van der Waals surface area (Å²) in [6.07, 6.45) is 3.58. The van der Waals surface area contributed by atoms with E-state index in [-0.39, 0.29) is 0 Å². The molecule has 20 heavy (non-hydrogen) atoms. The first kappa shape index (κ1) is 12.8. The average Bonchev–Trinajstić information content (AvgIpc) is 2.86. The van der Waals surface area contributed by atoms with E-state index in [0.29, 0.717) is 12.5 Å². The molecule has 4 N–H and O–H groups in total. The fraction of sp³-hybridized carbons (Fsp3) is 0.154. The number of thiophene rings is 1. The zero-order chi connectivity index (χ0) is 13.9. The number of nitrogen functional groups attached to an aromatic ring is 1. The van der Waals surface area contributed by atoms with Crippen molar-refractivity contribution in [2.24, 2.45) is 5.84 Å². The number of nitrogens with two attached hydrogens (primary N) is 1. The van der Waals surface area contributed by atoms with E-state index in [0.717, 1.165) is 21.6 Å². The van der Waals surface area contributed by atoms with E-state index >= 15 is 0 Å². The maximum Gasteiger partial charge on any atom is 0.240 e. The molecular formula is C13H14N6S. The van der Waals surface area contributed by atoms with E-state index < -0.39 is 0 Å². The fourth-order valence-corrected chi connectivity index (χ4v) is 2.81. The maximum absolute atomic E-state index is 5.42. The molecule has 102 valence electrons. The zero-order valence-electron chi connectivity index (χ0n) is 10.9. The van der Waals surface area contributed by atoms with Crippen LogP contribution in [0.3, 0.4) is 0 Å². The molecule has 7 heteroatoms. The Morgan fingerprint density at radius 1 is 1.35 bits per heavy atom. The second kappa shape index (κ2) is 5.40. The van der Waals surface area contributed by atoms with Crippen LogP contribution >= 0.6 is 11.3 Å². The summed E-state index contributed by atoms with van der Waals surface area (Å²) in [4.78, 5) is 14.9. The molecule has 0 bridgehead atoms. The lowest BCUT2D eigenvalue weighted by Gasteiger charge is -2.08. The van der Waals surface area contributed by atoms with Crippen molar-refractivity contribution >= 4 is 33.3 Å². The summed E-state index contributed by atoms with van der Waals surface area (Å²) in [7, 11) is 0. The van der Waals surface area contributed by atoms with Crippen molar-refractivity contribution in [1.82, 2.24) is 15.0 Å². The normalized spacial score (nSPS) is 10.7. The van der Waals surface area contributed by atoms with E-state index in [1.807, 2.05) is 25.3 Å². The highest BCUT2D eigenvalue weighted by molar-refractivity contribution is 7.18. The number of pyridine rings is 1. The quantitative estimate of drug-likeness (QED) is 0.504. The molecular weight excluding hydrogens is 272 g/mol. The summed E-state index contributed by atoms with van der Waals surface area (Å²) < 4.78 is 0. The predicted molar refractivity (Wildman–Crippen MR) is 81.5 cm³/mol. The minimum absolute atomic E-state index is 0.410. The number of nitrogens with zero attached hydrogens (tertiary/aromatic N) is 3. The monoisotopic (exact) mass is 286 g/mol. The molecule has 6 nitrogen and oxygen atoms in total. The highest BCUT2D eigenvalue weighted by atomic mass is 32.1. The molecule has 0 saturated carbocycles. The largest absolute Gasteiger partial charge is 0.365 e. The van der Waals surface area contributed by atoms with Gasteiger partial charge in [-0.05, 0) is 24.6 Å². The van der Waals surface area contributed by atoms with Gasteiger partial charge in [0.2, 0.25) is 5.95 Å². The Kier molecular flexibility index (Phi) is 3.44. The van der Waals surface area contributed by atoms with Gasteiger partial charge in [0.1, 0.15) is 10.6 Å². The van der Waals surface area contributed by atoms with E-state index in [4.69, 9.17) is 5.84 Å². The minimum atomic E-state index is 0.410. The van der Waals surface area contributed by atoms with Gasteiger partial charge in [0, 0.05) is 23.8 Å². The summed E-state index contributed by atoms with van der Waals surface area (Å²) in [5, 5.41) is 4.32. The summed E-state index contributed by atoms with van der Waals surface area (Å²) in [6, 6.07) is 6.00. The number of hydrazine groups is 1. The van der Waals surface area contributed by atoms with Crippen LogP contribution in [0.15, 0.2) is 30.6 Å². The number of hydrogen-bond acceptors (Lipinski definition) is 7. The molecule has 0 fully saturated rings. The van der Waals surface area contributed by atoms with E-state index in [2.05, 4.69) is 31.8 Å². The molecule has 0 aliphatic heterocycles. The number of rotatable bonds is 4. The van der Waals surface area contributed by atoms with Crippen LogP contribution in [0.2, 0.25) is 0 Å². The Morgan fingerprint density at radius 2 is 2.25 bits per heavy atom. The van der Waals surface area contributed by atoms with Crippen LogP contribution in [-0.2, 0) is 6.54 Å². The molecule has 0 radical (unpaired) electrons. The fourth-order valence-electron chi connectivity index (χ4n) is 1.93. The Labute approximate surface area is 120 Å². The molecule has 3 aromatic heterocycles. The lowest BCUT2D eigenvalue weighted by atomic mass is 10.3. The first-order chi connectivity index (χ1) is 9.76. The topological polar surface area (TPSA) is 88.8 Å². The Bertz CT molecular complexity index is 724. The first-order valence-electron chi connectivity index (χ1n) is 6.14. The molecule has 3 heterocycles. The number of fused-ring (bicyclic) bond motifs is 1. The Hall–Kier alpha value is -2.25. The van der Waals surface area contributed by atoms with Crippen LogP contribution < -0.4 is 16.6 Å². The lowest BCUT2D eigenvalue weighted by Crippen LogP contribution is -2.12. The highest BCUT2D eigenvalue weighted by Gasteiger charge is 2.10. The second-order valence-electron chi connectivity index (χ2n) is 4.33. The van der Waals surface area contributed by atoms with Crippen LogP contribution in [-0.4, -0.2) is 15.0 Å². The summed E-state index contributed by atoms with van der Waals surface area (Å²) in [5.74, 6) is 6.60. The van der Waals surface area contributed by atoms with Crippen LogP contribution in [0, 0.1) is 6.92 Å². The average molecular weight is 286 g/mol. The summed E-state index contributed by atoms with van der Waals surface area (Å²) >= 11 is 1.62. The molecule has 0 aromatic carbocycles. The number of nitrogens with one attached hydrogen (secondary N) is 2. The minimum Gasteiger partial charge on any atom is -0.365 e. The number of aromatic nitrogens is 3. The summed E-state index contributed by atoms with van der Waals surface area (Å²) in [6.45, 7) is 2.70. The van der Waals surface area contributed by atoms with Crippen molar-refractivity contribution < 1.29 is 0 Å². The van der Waals surface area contributed by atoms with Crippen LogP contribution in [0.4, 0.5) is 11.8 Å². The number of aryl methyl sites for hydroxylation is 1. The molecule has 0 unspecified atom stereocenters. The molecule has 0 saturated heterocycles. The predicted octanol–water partition coefficient (Wildman–Crippen LogP) is 2.29. The molecule has 0 aliphatic rings. The number of anilines is 2. The third kappa shape index (κ3) is 2.54. The molecule has 0 spiro atoms. The van der Waals surface area contributed by atoms with Gasteiger partial charge in [-0.2, -0.15) is 4.98 Å². The van der Waals surface area contributed by atoms with Gasteiger partial charge in [-0.3, -0.25) is 10.4 Å². The lowest BCUT2D eigenvalue weighted by molar-refractivity contribution is 1.08. The molecule has 0 aliphatic carbocycles. The van der Waals surface area contributed by atoms with Gasteiger partial charge in [0.05, 0.1) is 5.39 Å². The zero-order valence-corrected chi connectivity index (χ0v) is 11.7. The van der Waals surface area contributed by atoms with Gasteiger partial charge < -0.3 is 5.32 Å². The molecule has 3 rings (SSSR count). The van der Waals surface area contributed by atoms with E-state index in [9.17, 15) is 0 Å². The van der Waals surface area contributed by atoms with Crippen molar-refractivity contribution in [3.63, 3.8) is 0 Å². The van der Waals surface area contributed by atoms with Crippen molar-refractivity contribution in [2.45, 2.75) is 13.5 Å². The van der Waals surface area contributed by atoms with Gasteiger partial charge in [0.25, 0.3) is 0 Å². The van der Waals surface area contributed by atoms with Gasteiger partial charge in [-0.15, -0.1) is 11.3 Å². The third-order valence-electron chi connectivity index (χ3n) is 2.83. The van der Waals surface area contributed by atoms with Gasteiger partial charge in [0.15, 0.2) is 0 Å². The van der Waals surface area contributed by atoms with Crippen molar-refractivity contribution in [1.29, 1.82) is 0 Å². The van der Waals surface area contributed by atoms with Crippen LogP contribution in [0.5, 0.6) is 0 Å². The molecule has 3 aromatic rings. The van der Waals surface area contributed by atoms with Crippen LogP contribution in [0.25, 0.3) is 10.2 Å². The van der Waals surface area contributed by atoms with E-state index in [1.165, 1.54) is 4.88 Å². The second-order valence-corrected chi connectivity index (χ2v) is 5.57. The van der Waals surface area contributed by atoms with Crippen molar-refractivity contribution in [3.05, 3.63) is 41.0 Å². The van der Waals surface area contributed by atoms with Gasteiger partial charge in [-0.1, -0.05) is 6.07 Å². The molecule has 0 amide bonds. The van der Waals surface area contributed by atoms with Gasteiger partial charge in [-0.25, -0.2) is 10.8 Å². The third-order valence-corrected chi connectivity index (χ3v) is 3.77. The summed E-state index contributed by atoms with van der Waals surface area (Å²) in [5.41, 5.74) is 3.59. The highest BCUT2D eigenvalue weighted by Crippen LogP contribution is 2.29. The van der Waals surface area contributed by atoms with Crippen molar-refractivity contribution in [3.8, 4) is 0 Å². The van der Waals surface area contributed by atoms with Gasteiger partial charge >= 0.3 is 0 Å². The standard InChI is InChI=1S/C13H14N6S/c1-8-5-10-11(16-7-9-3-2-4-15-6-9)17-13(19-14)18-12(10)20-8/h2-6H,7,14H2,1H3,(H2,16,17,18,19). The maximum atomic E-state index is 5.42. The van der Waals surface area contributed by atoms with Crippen LogP contribution in [0.1, 0.15) is 10.4 Å². The Balaban J connectivity index is 1.93. The Morgan fingerprint density at radius 3 is 3.00 bits per heavy atom.